The lowest BCUT2D eigenvalue weighted by atomic mass is 9.98. The Hall–Kier alpha value is -0.0800. The predicted octanol–water partition coefficient (Wildman–Crippen LogP) is 2.27. The highest BCUT2D eigenvalue weighted by atomic mass is 16.3. The molecule has 1 rings (SSSR count). The average molecular weight is 199 g/mol. The molecule has 14 heavy (non-hydrogen) atoms. The van der Waals surface area contributed by atoms with Gasteiger partial charge in [0.1, 0.15) is 0 Å². The number of piperidine rings is 1. The zero-order valence-corrected chi connectivity index (χ0v) is 9.71. The molecule has 84 valence electrons. The molecule has 1 heterocycles. The van der Waals surface area contributed by atoms with Crippen molar-refractivity contribution < 1.29 is 5.11 Å². The standard InChI is InChI=1S/C12H25NO/c1-11(2)6-9-13-8-4-3-5-12(13)7-10-14/h11-12,14H,3-10H2,1-2H3. The molecule has 1 saturated heterocycles. The van der Waals surface area contributed by atoms with Crippen molar-refractivity contribution in [2.45, 2.75) is 52.0 Å². The fourth-order valence-electron chi connectivity index (χ4n) is 2.25. The molecule has 0 saturated carbocycles. The van der Waals surface area contributed by atoms with E-state index < -0.39 is 0 Å². The Bertz CT molecular complexity index is 145. The van der Waals surface area contributed by atoms with E-state index in [1.54, 1.807) is 0 Å². The molecule has 2 heteroatoms. The summed E-state index contributed by atoms with van der Waals surface area (Å²) >= 11 is 0. The molecule has 0 aromatic heterocycles. The Morgan fingerprint density at radius 3 is 2.79 bits per heavy atom. The summed E-state index contributed by atoms with van der Waals surface area (Å²) in [6.07, 6.45) is 6.25. The summed E-state index contributed by atoms with van der Waals surface area (Å²) in [5.41, 5.74) is 0. The van der Waals surface area contributed by atoms with Crippen LogP contribution >= 0.6 is 0 Å². The van der Waals surface area contributed by atoms with Crippen molar-refractivity contribution in [2.75, 3.05) is 19.7 Å². The van der Waals surface area contributed by atoms with Crippen LogP contribution in [0.5, 0.6) is 0 Å². The van der Waals surface area contributed by atoms with Crippen molar-refractivity contribution in [3.05, 3.63) is 0 Å². The van der Waals surface area contributed by atoms with Gasteiger partial charge in [-0.3, -0.25) is 0 Å². The monoisotopic (exact) mass is 199 g/mol. The number of likely N-dealkylation sites (tertiary alicyclic amines) is 1. The topological polar surface area (TPSA) is 23.5 Å². The maximum atomic E-state index is 8.99. The highest BCUT2D eigenvalue weighted by molar-refractivity contribution is 4.76. The minimum Gasteiger partial charge on any atom is -0.396 e. The molecule has 1 fully saturated rings. The fraction of sp³-hybridized carbons (Fsp3) is 1.00. The van der Waals surface area contributed by atoms with Crippen molar-refractivity contribution in [3.8, 4) is 0 Å². The van der Waals surface area contributed by atoms with E-state index in [9.17, 15) is 0 Å². The van der Waals surface area contributed by atoms with Crippen molar-refractivity contribution in [1.29, 1.82) is 0 Å². The summed E-state index contributed by atoms with van der Waals surface area (Å²) in [4.78, 5) is 2.58. The zero-order valence-electron chi connectivity index (χ0n) is 9.71. The van der Waals surface area contributed by atoms with Gasteiger partial charge >= 0.3 is 0 Å². The molecule has 1 N–H and O–H groups in total. The van der Waals surface area contributed by atoms with E-state index in [0.717, 1.165) is 12.3 Å². The number of rotatable bonds is 5. The van der Waals surface area contributed by atoms with E-state index in [4.69, 9.17) is 5.11 Å². The number of aliphatic hydroxyl groups excluding tert-OH is 1. The highest BCUT2D eigenvalue weighted by Gasteiger charge is 2.21. The SMILES string of the molecule is CC(C)CCN1CCCCC1CCO. The van der Waals surface area contributed by atoms with Gasteiger partial charge in [-0.25, -0.2) is 0 Å². The molecule has 0 aliphatic carbocycles. The molecule has 0 aromatic rings. The molecule has 0 amide bonds. The van der Waals surface area contributed by atoms with Gasteiger partial charge < -0.3 is 10.0 Å². The van der Waals surface area contributed by atoms with E-state index in [2.05, 4.69) is 18.7 Å². The molecular formula is C12H25NO. The van der Waals surface area contributed by atoms with Crippen LogP contribution in [0.1, 0.15) is 46.0 Å². The summed E-state index contributed by atoms with van der Waals surface area (Å²) in [6, 6.07) is 0.660. The molecule has 2 nitrogen and oxygen atoms in total. The van der Waals surface area contributed by atoms with Gasteiger partial charge in [0.05, 0.1) is 0 Å². The first kappa shape index (κ1) is 12.0. The second-order valence-corrected chi connectivity index (χ2v) is 4.88. The first-order valence-electron chi connectivity index (χ1n) is 6.09. The van der Waals surface area contributed by atoms with Gasteiger partial charge in [-0.2, -0.15) is 0 Å². The predicted molar refractivity (Wildman–Crippen MR) is 60.4 cm³/mol. The Morgan fingerprint density at radius 2 is 2.14 bits per heavy atom. The summed E-state index contributed by atoms with van der Waals surface area (Å²) in [6.45, 7) is 7.39. The van der Waals surface area contributed by atoms with E-state index in [1.807, 2.05) is 0 Å². The van der Waals surface area contributed by atoms with Crippen LogP contribution in [-0.2, 0) is 0 Å². The Morgan fingerprint density at radius 1 is 1.36 bits per heavy atom. The molecule has 0 radical (unpaired) electrons. The van der Waals surface area contributed by atoms with Crippen LogP contribution in [0.3, 0.4) is 0 Å². The largest absolute Gasteiger partial charge is 0.396 e. The molecule has 0 spiro atoms. The minimum absolute atomic E-state index is 0.350. The normalized spacial score (nSPS) is 24.4. The maximum absolute atomic E-state index is 8.99. The highest BCUT2D eigenvalue weighted by Crippen LogP contribution is 2.20. The lowest BCUT2D eigenvalue weighted by Gasteiger charge is -2.35. The quantitative estimate of drug-likeness (QED) is 0.734. The third kappa shape index (κ3) is 3.97. The molecule has 0 aromatic carbocycles. The Kier molecular flexibility index (Phi) is 5.49. The molecule has 1 unspecified atom stereocenters. The third-order valence-electron chi connectivity index (χ3n) is 3.21. The molecule has 0 bridgehead atoms. The van der Waals surface area contributed by atoms with Gasteiger partial charge in [0.2, 0.25) is 0 Å². The van der Waals surface area contributed by atoms with Crippen LogP contribution < -0.4 is 0 Å². The van der Waals surface area contributed by atoms with Gasteiger partial charge in [-0.05, 0) is 44.7 Å². The van der Waals surface area contributed by atoms with Crippen molar-refractivity contribution in [1.82, 2.24) is 4.90 Å². The average Bonchev–Trinajstić information content (AvgIpc) is 2.17. The molecule has 1 aliphatic heterocycles. The van der Waals surface area contributed by atoms with Crippen LogP contribution in [0.15, 0.2) is 0 Å². The van der Waals surface area contributed by atoms with Crippen LogP contribution in [0, 0.1) is 5.92 Å². The zero-order chi connectivity index (χ0) is 10.4. The second-order valence-electron chi connectivity index (χ2n) is 4.88. The van der Waals surface area contributed by atoms with E-state index in [0.29, 0.717) is 12.6 Å². The van der Waals surface area contributed by atoms with Gasteiger partial charge in [0.25, 0.3) is 0 Å². The Labute approximate surface area is 88.3 Å². The first-order valence-corrected chi connectivity index (χ1v) is 6.09. The summed E-state index contributed by atoms with van der Waals surface area (Å²) in [7, 11) is 0. The second kappa shape index (κ2) is 6.41. The van der Waals surface area contributed by atoms with Crippen LogP contribution in [0.4, 0.5) is 0 Å². The van der Waals surface area contributed by atoms with Crippen LogP contribution in [0.2, 0.25) is 0 Å². The number of hydrogen-bond donors (Lipinski definition) is 1. The first-order chi connectivity index (χ1) is 6.74. The van der Waals surface area contributed by atoms with Crippen LogP contribution in [0.25, 0.3) is 0 Å². The smallest absolute Gasteiger partial charge is 0.0445 e. The van der Waals surface area contributed by atoms with Crippen molar-refractivity contribution in [2.24, 2.45) is 5.92 Å². The molecule has 1 aliphatic rings. The molecular weight excluding hydrogens is 174 g/mol. The van der Waals surface area contributed by atoms with Crippen molar-refractivity contribution >= 4 is 0 Å². The molecule has 1 atom stereocenters. The van der Waals surface area contributed by atoms with Gasteiger partial charge in [0.15, 0.2) is 0 Å². The minimum atomic E-state index is 0.350. The number of nitrogens with zero attached hydrogens (tertiary/aromatic N) is 1. The lowest BCUT2D eigenvalue weighted by molar-refractivity contribution is 0.114. The Balaban J connectivity index is 2.30. The summed E-state index contributed by atoms with van der Waals surface area (Å²) < 4.78 is 0. The van der Waals surface area contributed by atoms with Crippen LogP contribution in [-0.4, -0.2) is 35.7 Å². The van der Waals surface area contributed by atoms with E-state index in [-0.39, 0.29) is 0 Å². The van der Waals surface area contributed by atoms with Gasteiger partial charge in [-0.15, -0.1) is 0 Å². The lowest BCUT2D eigenvalue weighted by Crippen LogP contribution is -2.40. The third-order valence-corrected chi connectivity index (χ3v) is 3.21. The summed E-state index contributed by atoms with van der Waals surface area (Å²) in [5.74, 6) is 0.798. The number of hydrogen-bond acceptors (Lipinski definition) is 2. The van der Waals surface area contributed by atoms with E-state index >= 15 is 0 Å². The van der Waals surface area contributed by atoms with Gasteiger partial charge in [-0.1, -0.05) is 20.3 Å². The fourth-order valence-corrected chi connectivity index (χ4v) is 2.25. The summed E-state index contributed by atoms with van der Waals surface area (Å²) in [5, 5.41) is 8.99. The number of aliphatic hydroxyl groups is 1. The van der Waals surface area contributed by atoms with E-state index in [1.165, 1.54) is 38.8 Å². The van der Waals surface area contributed by atoms with Crippen molar-refractivity contribution in [3.63, 3.8) is 0 Å². The van der Waals surface area contributed by atoms with Gasteiger partial charge in [0, 0.05) is 12.6 Å². The maximum Gasteiger partial charge on any atom is 0.0445 e.